The minimum Gasteiger partial charge on any atom is -0.349 e. The van der Waals surface area contributed by atoms with Gasteiger partial charge in [0.1, 0.15) is 12.1 Å². The van der Waals surface area contributed by atoms with Crippen LogP contribution in [0.2, 0.25) is 0 Å². The molecule has 2 fully saturated rings. The highest BCUT2D eigenvalue weighted by molar-refractivity contribution is 6.10. The van der Waals surface area contributed by atoms with Crippen molar-refractivity contribution in [1.82, 2.24) is 15.5 Å². The van der Waals surface area contributed by atoms with E-state index in [0.717, 1.165) is 43.4 Å². The summed E-state index contributed by atoms with van der Waals surface area (Å²) in [6.45, 7) is 3.45. The molecule has 1 aromatic rings. The van der Waals surface area contributed by atoms with Crippen LogP contribution < -0.4 is 16.0 Å². The lowest BCUT2D eigenvalue weighted by molar-refractivity contribution is -0.133. The van der Waals surface area contributed by atoms with Crippen molar-refractivity contribution in [3.8, 4) is 0 Å². The third-order valence-electron chi connectivity index (χ3n) is 5.50. The number of hydrogen-bond acceptors (Lipinski definition) is 4. The molecule has 1 saturated carbocycles. The minimum atomic E-state index is -0.966. The number of rotatable bonds is 10. The molecule has 3 rings (SSSR count). The van der Waals surface area contributed by atoms with Crippen LogP contribution in [0, 0.1) is 0 Å². The molecule has 0 bridgehead atoms. The van der Waals surface area contributed by atoms with Gasteiger partial charge in [0.15, 0.2) is 0 Å². The lowest BCUT2D eigenvalue weighted by atomic mass is 9.94. The quantitative estimate of drug-likeness (QED) is 0.404. The van der Waals surface area contributed by atoms with Gasteiger partial charge in [0.05, 0.1) is 0 Å². The molecule has 1 atom stereocenters. The van der Waals surface area contributed by atoms with Crippen molar-refractivity contribution in [2.24, 2.45) is 0 Å². The number of carbonyl (C=O) groups excluding carboxylic acids is 4. The van der Waals surface area contributed by atoms with Gasteiger partial charge in [-0.1, -0.05) is 38.7 Å². The summed E-state index contributed by atoms with van der Waals surface area (Å²) in [6.07, 6.45) is 6.55. The van der Waals surface area contributed by atoms with Crippen LogP contribution in [0.25, 0.3) is 0 Å². The Bertz CT molecular complexity index is 836. The van der Waals surface area contributed by atoms with Crippen molar-refractivity contribution in [1.29, 1.82) is 0 Å². The van der Waals surface area contributed by atoms with Crippen LogP contribution in [-0.4, -0.2) is 46.8 Å². The first-order valence-corrected chi connectivity index (χ1v) is 10.7. The fourth-order valence-electron chi connectivity index (χ4n) is 3.54. The van der Waals surface area contributed by atoms with Gasteiger partial charge in [0.25, 0.3) is 11.8 Å². The van der Waals surface area contributed by atoms with Gasteiger partial charge in [0.2, 0.25) is 5.91 Å². The van der Waals surface area contributed by atoms with E-state index < -0.39 is 17.5 Å². The number of carbonyl (C=O) groups is 4. The highest BCUT2D eigenvalue weighted by atomic mass is 16.2. The van der Waals surface area contributed by atoms with E-state index in [-0.39, 0.29) is 24.4 Å². The molecule has 1 aliphatic carbocycles. The van der Waals surface area contributed by atoms with Gasteiger partial charge < -0.3 is 16.0 Å². The SMILES string of the molecule is CCCCCCC1(C)NC(=O)N(CC(=O)Nc2cccc(C(=O)NC3CC3)c2)C1=O. The monoisotopic (exact) mass is 414 g/mol. The number of imide groups is 1. The number of hydrogen-bond donors (Lipinski definition) is 3. The lowest BCUT2D eigenvalue weighted by Crippen LogP contribution is -2.44. The normalized spacial score (nSPS) is 20.8. The summed E-state index contributed by atoms with van der Waals surface area (Å²) < 4.78 is 0. The Kier molecular flexibility index (Phi) is 6.74. The van der Waals surface area contributed by atoms with Crippen molar-refractivity contribution in [2.75, 3.05) is 11.9 Å². The molecule has 0 spiro atoms. The highest BCUT2D eigenvalue weighted by Gasteiger charge is 2.47. The fraction of sp³-hybridized carbons (Fsp3) is 0.545. The van der Waals surface area contributed by atoms with Gasteiger partial charge in [-0.2, -0.15) is 0 Å². The topological polar surface area (TPSA) is 108 Å². The molecule has 162 valence electrons. The predicted molar refractivity (Wildman–Crippen MR) is 113 cm³/mol. The van der Waals surface area contributed by atoms with Gasteiger partial charge in [-0.25, -0.2) is 4.79 Å². The summed E-state index contributed by atoms with van der Waals surface area (Å²) in [7, 11) is 0. The molecule has 3 N–H and O–H groups in total. The van der Waals surface area contributed by atoms with Crippen molar-refractivity contribution in [3.05, 3.63) is 29.8 Å². The maximum absolute atomic E-state index is 12.8. The number of unbranched alkanes of at least 4 members (excludes halogenated alkanes) is 3. The van der Waals surface area contributed by atoms with Gasteiger partial charge >= 0.3 is 6.03 Å². The van der Waals surface area contributed by atoms with Crippen LogP contribution in [0.1, 0.15) is 69.2 Å². The number of nitrogens with one attached hydrogen (secondary N) is 3. The van der Waals surface area contributed by atoms with Crippen LogP contribution in [0.3, 0.4) is 0 Å². The Balaban J connectivity index is 1.56. The molecule has 30 heavy (non-hydrogen) atoms. The van der Waals surface area contributed by atoms with Crippen LogP contribution in [-0.2, 0) is 9.59 Å². The van der Waals surface area contributed by atoms with Crippen molar-refractivity contribution in [2.45, 2.75) is 70.4 Å². The molecular weight excluding hydrogens is 384 g/mol. The molecule has 5 amide bonds. The minimum absolute atomic E-state index is 0.179. The van der Waals surface area contributed by atoms with Crippen molar-refractivity contribution in [3.63, 3.8) is 0 Å². The van der Waals surface area contributed by atoms with E-state index in [2.05, 4.69) is 22.9 Å². The largest absolute Gasteiger partial charge is 0.349 e. The number of anilines is 1. The zero-order valence-electron chi connectivity index (χ0n) is 17.6. The highest BCUT2D eigenvalue weighted by Crippen LogP contribution is 2.24. The standard InChI is InChI=1S/C22H30N4O4/c1-3-4-5-6-12-22(2)20(29)26(21(30)25-22)14-18(27)23-17-9-7-8-15(13-17)19(28)24-16-10-11-16/h7-9,13,16H,3-6,10-12,14H2,1-2H3,(H,23,27)(H,24,28)(H,25,30). The summed E-state index contributed by atoms with van der Waals surface area (Å²) >= 11 is 0. The van der Waals surface area contributed by atoms with Crippen LogP contribution in [0.4, 0.5) is 10.5 Å². The first-order chi connectivity index (χ1) is 14.3. The van der Waals surface area contributed by atoms with Gasteiger partial charge in [-0.3, -0.25) is 19.3 Å². The second kappa shape index (κ2) is 9.28. The summed E-state index contributed by atoms with van der Waals surface area (Å²) in [5.41, 5.74) is -0.0708. The number of urea groups is 1. The molecule has 0 aromatic heterocycles. The number of benzene rings is 1. The van der Waals surface area contributed by atoms with Crippen molar-refractivity contribution >= 4 is 29.4 Å². The Morgan fingerprint density at radius 3 is 2.67 bits per heavy atom. The molecule has 0 radical (unpaired) electrons. The van der Waals surface area contributed by atoms with Gasteiger partial charge in [0, 0.05) is 17.3 Å². The average molecular weight is 415 g/mol. The number of amides is 5. The molecule has 1 aromatic carbocycles. The Morgan fingerprint density at radius 2 is 1.97 bits per heavy atom. The van der Waals surface area contributed by atoms with E-state index >= 15 is 0 Å². The first-order valence-electron chi connectivity index (χ1n) is 10.7. The smallest absolute Gasteiger partial charge is 0.325 e. The maximum Gasteiger partial charge on any atom is 0.325 e. The lowest BCUT2D eigenvalue weighted by Gasteiger charge is -2.21. The van der Waals surface area contributed by atoms with E-state index in [9.17, 15) is 19.2 Å². The molecule has 8 nitrogen and oxygen atoms in total. The molecule has 8 heteroatoms. The zero-order chi connectivity index (χ0) is 21.7. The average Bonchev–Trinajstić information content (AvgIpc) is 3.49. The molecular formula is C22H30N4O4. The summed E-state index contributed by atoms with van der Waals surface area (Å²) in [4.78, 5) is 50.6. The Labute approximate surface area is 176 Å². The van der Waals surface area contributed by atoms with E-state index in [1.54, 1.807) is 31.2 Å². The molecule has 2 aliphatic rings. The molecule has 1 heterocycles. The van der Waals surface area contributed by atoms with Gasteiger partial charge in [-0.05, 0) is 44.4 Å². The van der Waals surface area contributed by atoms with Crippen LogP contribution >= 0.6 is 0 Å². The maximum atomic E-state index is 12.8. The Morgan fingerprint density at radius 1 is 1.20 bits per heavy atom. The van der Waals surface area contributed by atoms with Gasteiger partial charge in [-0.15, -0.1) is 0 Å². The van der Waals surface area contributed by atoms with Crippen molar-refractivity contribution < 1.29 is 19.2 Å². The Hall–Kier alpha value is -2.90. The number of nitrogens with zero attached hydrogens (tertiary/aromatic N) is 1. The molecule has 1 saturated heterocycles. The third-order valence-corrected chi connectivity index (χ3v) is 5.50. The molecule has 1 unspecified atom stereocenters. The second-order valence-corrected chi connectivity index (χ2v) is 8.34. The zero-order valence-corrected chi connectivity index (χ0v) is 17.6. The summed E-state index contributed by atoms with van der Waals surface area (Å²) in [6, 6.07) is 6.29. The van der Waals surface area contributed by atoms with E-state index in [4.69, 9.17) is 0 Å². The van der Waals surface area contributed by atoms with E-state index in [1.807, 2.05) is 0 Å². The fourth-order valence-corrected chi connectivity index (χ4v) is 3.54. The summed E-state index contributed by atoms with van der Waals surface area (Å²) in [5.74, 6) is -1.05. The van der Waals surface area contributed by atoms with E-state index in [0.29, 0.717) is 17.7 Å². The summed E-state index contributed by atoms with van der Waals surface area (Å²) in [5, 5.41) is 8.29. The van der Waals surface area contributed by atoms with Crippen LogP contribution in [0.5, 0.6) is 0 Å². The predicted octanol–water partition coefficient (Wildman–Crippen LogP) is 2.80. The molecule has 1 aliphatic heterocycles. The van der Waals surface area contributed by atoms with E-state index in [1.165, 1.54) is 0 Å². The third kappa shape index (κ3) is 5.37. The first kappa shape index (κ1) is 21.8. The second-order valence-electron chi connectivity index (χ2n) is 8.34. The van der Waals surface area contributed by atoms with Crippen LogP contribution in [0.15, 0.2) is 24.3 Å².